The van der Waals surface area contributed by atoms with E-state index in [0.717, 1.165) is 53.3 Å². The van der Waals surface area contributed by atoms with Gasteiger partial charge in [-0.3, -0.25) is 19.8 Å². The molecule has 3 aromatic rings. The molecule has 7 nitrogen and oxygen atoms in total. The first-order chi connectivity index (χ1) is 16.6. The maximum absolute atomic E-state index is 13.4. The maximum Gasteiger partial charge on any atom is 0.255 e. The number of nitrogens with zero attached hydrogens (tertiary/aromatic N) is 4. The smallest absolute Gasteiger partial charge is 0.255 e. The van der Waals surface area contributed by atoms with Gasteiger partial charge in [-0.2, -0.15) is 5.10 Å². The number of amides is 1. The molecule has 3 aliphatic rings. The minimum atomic E-state index is -0.714. The normalized spacial score (nSPS) is 20.1. The summed E-state index contributed by atoms with van der Waals surface area (Å²) >= 11 is 0. The zero-order valence-electron chi connectivity index (χ0n) is 19.6. The Morgan fingerprint density at radius 2 is 2.00 bits per heavy atom. The molecule has 0 radical (unpaired) electrons. The lowest BCUT2D eigenvalue weighted by molar-refractivity contribution is 0.0157. The number of aliphatic hydroxyl groups is 1. The summed E-state index contributed by atoms with van der Waals surface area (Å²) in [4.78, 5) is 19.9. The van der Waals surface area contributed by atoms with Crippen LogP contribution in [-0.2, 0) is 13.1 Å². The topological polar surface area (TPSA) is 83.3 Å². The van der Waals surface area contributed by atoms with E-state index in [1.807, 2.05) is 29.3 Å². The number of fused-ring (bicyclic) bond motifs is 1. The standard InChI is InChI=1S/C27H31N5O2/c1-28-26(34)27(10-11-27)32-17-20-9-8-19(13-23(20)25(32)33)24-22(7-4-12-29-24)21-14-30-31(16-21)15-18-5-2-3-6-18/h4,7-9,12-14,16,18,26,28,34H,2-3,5-6,10-11,15,17H2,1H3/t26-/m1/s1. The van der Waals surface area contributed by atoms with Crippen molar-refractivity contribution in [3.8, 4) is 22.4 Å². The molecule has 2 fully saturated rings. The molecule has 3 heterocycles. The monoisotopic (exact) mass is 457 g/mol. The highest BCUT2D eigenvalue weighted by molar-refractivity contribution is 6.00. The van der Waals surface area contributed by atoms with Crippen molar-refractivity contribution >= 4 is 5.91 Å². The first-order valence-electron chi connectivity index (χ1n) is 12.4. The van der Waals surface area contributed by atoms with Crippen LogP contribution < -0.4 is 5.32 Å². The number of hydrogen-bond acceptors (Lipinski definition) is 5. The quantitative estimate of drug-likeness (QED) is 0.527. The predicted molar refractivity (Wildman–Crippen MR) is 130 cm³/mol. The highest BCUT2D eigenvalue weighted by Gasteiger charge is 2.57. The molecule has 6 rings (SSSR count). The van der Waals surface area contributed by atoms with Gasteiger partial charge in [0, 0.05) is 47.7 Å². The van der Waals surface area contributed by atoms with Crippen LogP contribution in [0, 0.1) is 5.92 Å². The van der Waals surface area contributed by atoms with Crippen molar-refractivity contribution in [3.05, 3.63) is 60.0 Å². The molecule has 1 amide bonds. The Morgan fingerprint density at radius 1 is 1.18 bits per heavy atom. The third-order valence-corrected chi connectivity index (χ3v) is 7.94. The van der Waals surface area contributed by atoms with Crippen molar-refractivity contribution in [3.63, 3.8) is 0 Å². The Bertz CT molecular complexity index is 1230. The van der Waals surface area contributed by atoms with E-state index >= 15 is 0 Å². The van der Waals surface area contributed by atoms with Gasteiger partial charge in [-0.1, -0.05) is 31.0 Å². The summed E-state index contributed by atoms with van der Waals surface area (Å²) in [6.45, 7) is 1.51. The molecule has 176 valence electrons. The van der Waals surface area contributed by atoms with Crippen LogP contribution >= 0.6 is 0 Å². The molecule has 34 heavy (non-hydrogen) atoms. The van der Waals surface area contributed by atoms with E-state index < -0.39 is 11.8 Å². The summed E-state index contributed by atoms with van der Waals surface area (Å²) in [6, 6.07) is 10.1. The van der Waals surface area contributed by atoms with Crippen LogP contribution in [0.2, 0.25) is 0 Å². The molecule has 0 unspecified atom stereocenters. The van der Waals surface area contributed by atoms with Gasteiger partial charge in [0.15, 0.2) is 0 Å². The van der Waals surface area contributed by atoms with E-state index in [1.165, 1.54) is 25.7 Å². The van der Waals surface area contributed by atoms with Gasteiger partial charge in [0.05, 0.1) is 17.4 Å². The number of nitrogens with one attached hydrogen (secondary N) is 1. The third-order valence-electron chi connectivity index (χ3n) is 7.94. The first kappa shape index (κ1) is 21.5. The van der Waals surface area contributed by atoms with Gasteiger partial charge < -0.3 is 10.0 Å². The van der Waals surface area contributed by atoms with E-state index in [9.17, 15) is 9.90 Å². The van der Waals surface area contributed by atoms with Gasteiger partial charge >= 0.3 is 0 Å². The number of carbonyl (C=O) groups excluding carboxylic acids is 1. The Balaban J connectivity index is 1.30. The van der Waals surface area contributed by atoms with Gasteiger partial charge in [0.1, 0.15) is 6.23 Å². The molecule has 2 aromatic heterocycles. The second-order valence-electron chi connectivity index (χ2n) is 10.1. The number of benzene rings is 1. The Hall–Kier alpha value is -3.03. The van der Waals surface area contributed by atoms with Crippen LogP contribution in [0.25, 0.3) is 22.4 Å². The second kappa shape index (κ2) is 8.32. The Labute approximate surface area is 199 Å². The molecular formula is C27H31N5O2. The summed E-state index contributed by atoms with van der Waals surface area (Å²) in [7, 11) is 1.73. The van der Waals surface area contributed by atoms with E-state index in [4.69, 9.17) is 4.98 Å². The fraction of sp³-hybridized carbons (Fsp3) is 0.444. The molecule has 7 heteroatoms. The van der Waals surface area contributed by atoms with Gasteiger partial charge in [-0.05, 0) is 56.3 Å². The molecule has 0 spiro atoms. The SMILES string of the molecule is CN[C@H](O)C1(N2Cc3ccc(-c4ncccc4-c4cnn(CC5CCCC5)c4)cc3C2=O)CC1. The fourth-order valence-corrected chi connectivity index (χ4v) is 5.82. The number of aromatic nitrogens is 3. The van der Waals surface area contributed by atoms with Crippen LogP contribution in [0.1, 0.15) is 54.4 Å². The first-order valence-corrected chi connectivity index (χ1v) is 12.4. The van der Waals surface area contributed by atoms with Gasteiger partial charge in [0.25, 0.3) is 5.91 Å². The van der Waals surface area contributed by atoms with E-state index in [1.54, 1.807) is 13.2 Å². The molecule has 0 bridgehead atoms. The molecule has 1 atom stereocenters. The summed E-state index contributed by atoms with van der Waals surface area (Å²) in [5, 5.41) is 18.0. The van der Waals surface area contributed by atoms with Crippen molar-refractivity contribution in [2.45, 2.75) is 63.4 Å². The fourth-order valence-electron chi connectivity index (χ4n) is 5.82. The number of likely N-dealkylation sites (N-methyl/N-ethyl adjacent to an activating group) is 1. The molecular weight excluding hydrogens is 426 g/mol. The number of rotatable bonds is 7. The van der Waals surface area contributed by atoms with Crippen molar-refractivity contribution < 1.29 is 9.90 Å². The van der Waals surface area contributed by atoms with E-state index in [0.29, 0.717) is 12.1 Å². The maximum atomic E-state index is 13.4. The van der Waals surface area contributed by atoms with Gasteiger partial charge in [-0.15, -0.1) is 0 Å². The molecule has 0 saturated heterocycles. The Kier molecular flexibility index (Phi) is 5.26. The lowest BCUT2D eigenvalue weighted by Gasteiger charge is -2.31. The summed E-state index contributed by atoms with van der Waals surface area (Å²) < 4.78 is 2.06. The van der Waals surface area contributed by atoms with Crippen LogP contribution in [0.4, 0.5) is 0 Å². The number of carbonyl (C=O) groups is 1. The largest absolute Gasteiger partial charge is 0.376 e. The number of pyridine rings is 1. The predicted octanol–water partition coefficient (Wildman–Crippen LogP) is 3.83. The minimum Gasteiger partial charge on any atom is -0.376 e. The lowest BCUT2D eigenvalue weighted by atomic mass is 9.98. The lowest BCUT2D eigenvalue weighted by Crippen LogP contribution is -2.51. The van der Waals surface area contributed by atoms with Crippen molar-refractivity contribution in [1.82, 2.24) is 25.0 Å². The minimum absolute atomic E-state index is 0.00878. The van der Waals surface area contributed by atoms with Gasteiger partial charge in [-0.25, -0.2) is 0 Å². The molecule has 1 aromatic carbocycles. The Morgan fingerprint density at radius 3 is 2.76 bits per heavy atom. The average molecular weight is 458 g/mol. The van der Waals surface area contributed by atoms with Gasteiger partial charge in [0.2, 0.25) is 0 Å². The third kappa shape index (κ3) is 3.54. The summed E-state index contributed by atoms with van der Waals surface area (Å²) in [5.74, 6) is 0.716. The van der Waals surface area contributed by atoms with Crippen LogP contribution in [0.15, 0.2) is 48.9 Å². The van der Waals surface area contributed by atoms with E-state index in [2.05, 4.69) is 33.4 Å². The van der Waals surface area contributed by atoms with Crippen LogP contribution in [0.5, 0.6) is 0 Å². The van der Waals surface area contributed by atoms with Crippen molar-refractivity contribution in [2.75, 3.05) is 7.05 Å². The molecule has 1 aliphatic heterocycles. The molecule has 2 aliphatic carbocycles. The van der Waals surface area contributed by atoms with Crippen molar-refractivity contribution in [1.29, 1.82) is 0 Å². The molecule has 2 N–H and O–H groups in total. The zero-order chi connectivity index (χ0) is 23.3. The molecule has 2 saturated carbocycles. The highest BCUT2D eigenvalue weighted by atomic mass is 16.3. The van der Waals surface area contributed by atoms with Crippen molar-refractivity contribution in [2.24, 2.45) is 5.92 Å². The van der Waals surface area contributed by atoms with E-state index in [-0.39, 0.29) is 5.91 Å². The van der Waals surface area contributed by atoms with Crippen LogP contribution in [0.3, 0.4) is 0 Å². The number of aliphatic hydroxyl groups excluding tert-OH is 1. The average Bonchev–Trinajstić information content (AvgIpc) is 3.17. The zero-order valence-corrected chi connectivity index (χ0v) is 19.6. The summed E-state index contributed by atoms with van der Waals surface area (Å²) in [5.41, 5.74) is 5.07. The highest BCUT2D eigenvalue weighted by Crippen LogP contribution is 2.48. The number of hydrogen-bond donors (Lipinski definition) is 2. The van der Waals surface area contributed by atoms with Crippen LogP contribution in [-0.4, -0.2) is 49.5 Å². The summed E-state index contributed by atoms with van der Waals surface area (Å²) in [6.07, 6.45) is 12.0. The second-order valence-corrected chi connectivity index (χ2v) is 10.1.